The smallest absolute Gasteiger partial charge is 0.285 e. The van der Waals surface area contributed by atoms with E-state index in [4.69, 9.17) is 11.6 Å². The summed E-state index contributed by atoms with van der Waals surface area (Å²) >= 11 is 5.53. The van der Waals surface area contributed by atoms with Crippen LogP contribution < -0.4 is 5.56 Å². The molecule has 64 valence electrons. The summed E-state index contributed by atoms with van der Waals surface area (Å²) in [6.45, 7) is 0.281. The minimum Gasteiger partial charge on any atom is -0.303 e. The van der Waals surface area contributed by atoms with Crippen molar-refractivity contribution in [2.75, 3.05) is 0 Å². The van der Waals surface area contributed by atoms with Crippen LogP contribution in [0.1, 0.15) is 6.42 Å². The summed E-state index contributed by atoms with van der Waals surface area (Å²) in [6.07, 6.45) is 2.43. The third-order valence-corrected chi connectivity index (χ3v) is 1.61. The van der Waals surface area contributed by atoms with Gasteiger partial charge in [0.05, 0.1) is 6.54 Å². The second kappa shape index (κ2) is 4.01. The molecule has 1 aromatic heterocycles. The van der Waals surface area contributed by atoms with E-state index in [1.807, 2.05) is 0 Å². The van der Waals surface area contributed by atoms with E-state index in [0.717, 1.165) is 11.0 Å². The molecule has 0 bridgehead atoms. The number of carbonyl (C=O) groups is 1. The Morgan fingerprint density at radius 3 is 3.08 bits per heavy atom. The molecule has 0 fully saturated rings. The van der Waals surface area contributed by atoms with Gasteiger partial charge < -0.3 is 4.79 Å². The monoisotopic (exact) mass is 186 g/mol. The first kappa shape index (κ1) is 8.93. The zero-order valence-electron chi connectivity index (χ0n) is 6.24. The number of aryl methyl sites for hydroxylation is 1. The molecule has 0 aromatic carbocycles. The van der Waals surface area contributed by atoms with Crippen molar-refractivity contribution in [1.82, 2.24) is 9.78 Å². The molecule has 0 aliphatic rings. The number of halogens is 1. The van der Waals surface area contributed by atoms with Gasteiger partial charge >= 0.3 is 0 Å². The first-order valence-electron chi connectivity index (χ1n) is 3.41. The van der Waals surface area contributed by atoms with Crippen LogP contribution in [0.15, 0.2) is 17.1 Å². The van der Waals surface area contributed by atoms with E-state index < -0.39 is 0 Å². The SMILES string of the molecule is O=CCCn1nccc(Cl)c1=O. The molecule has 0 aliphatic heterocycles. The Hall–Kier alpha value is -1.16. The Balaban J connectivity index is 2.92. The molecule has 0 radical (unpaired) electrons. The molecule has 0 saturated heterocycles. The van der Waals surface area contributed by atoms with Gasteiger partial charge in [0.1, 0.15) is 11.3 Å². The van der Waals surface area contributed by atoms with E-state index in [-0.39, 0.29) is 23.5 Å². The molecule has 0 unspecified atom stereocenters. The van der Waals surface area contributed by atoms with E-state index in [1.165, 1.54) is 12.3 Å². The van der Waals surface area contributed by atoms with E-state index in [1.54, 1.807) is 0 Å². The molecule has 12 heavy (non-hydrogen) atoms. The van der Waals surface area contributed by atoms with Crippen LogP contribution in [0.25, 0.3) is 0 Å². The lowest BCUT2D eigenvalue weighted by atomic mass is 10.4. The summed E-state index contributed by atoms with van der Waals surface area (Å²) in [4.78, 5) is 21.1. The van der Waals surface area contributed by atoms with Crippen molar-refractivity contribution in [1.29, 1.82) is 0 Å². The van der Waals surface area contributed by atoms with Crippen molar-refractivity contribution in [2.24, 2.45) is 0 Å². The molecule has 0 saturated carbocycles. The highest BCUT2D eigenvalue weighted by molar-refractivity contribution is 6.30. The molecular formula is C7H7ClN2O2. The van der Waals surface area contributed by atoms with Crippen LogP contribution in [-0.4, -0.2) is 16.1 Å². The largest absolute Gasteiger partial charge is 0.303 e. The summed E-state index contributed by atoms with van der Waals surface area (Å²) < 4.78 is 1.16. The molecule has 1 aromatic rings. The fraction of sp³-hybridized carbons (Fsp3) is 0.286. The number of aromatic nitrogens is 2. The van der Waals surface area contributed by atoms with Crippen LogP contribution in [0.2, 0.25) is 5.02 Å². The number of nitrogens with zero attached hydrogens (tertiary/aromatic N) is 2. The molecule has 4 nitrogen and oxygen atoms in total. The fourth-order valence-electron chi connectivity index (χ4n) is 0.761. The normalized spacial score (nSPS) is 9.75. The summed E-state index contributed by atoms with van der Waals surface area (Å²) in [5.74, 6) is 0. The fourth-order valence-corrected chi connectivity index (χ4v) is 0.914. The Morgan fingerprint density at radius 2 is 2.42 bits per heavy atom. The minimum atomic E-state index is -0.360. The van der Waals surface area contributed by atoms with E-state index in [0.29, 0.717) is 0 Å². The van der Waals surface area contributed by atoms with Gasteiger partial charge in [0.2, 0.25) is 0 Å². The Labute approximate surface area is 73.8 Å². The summed E-state index contributed by atoms with van der Waals surface area (Å²) in [5.41, 5.74) is -0.360. The molecule has 1 heterocycles. The van der Waals surface area contributed by atoms with E-state index in [9.17, 15) is 9.59 Å². The van der Waals surface area contributed by atoms with Gasteiger partial charge in [0.15, 0.2) is 0 Å². The topological polar surface area (TPSA) is 52.0 Å². The van der Waals surface area contributed by atoms with Gasteiger partial charge in [0.25, 0.3) is 5.56 Å². The first-order valence-corrected chi connectivity index (χ1v) is 3.79. The predicted molar refractivity (Wildman–Crippen MR) is 44.2 cm³/mol. The zero-order chi connectivity index (χ0) is 8.97. The highest BCUT2D eigenvalue weighted by Crippen LogP contribution is 1.96. The van der Waals surface area contributed by atoms with Crippen molar-refractivity contribution in [3.8, 4) is 0 Å². The molecule has 0 N–H and O–H groups in total. The Morgan fingerprint density at radius 1 is 1.67 bits per heavy atom. The van der Waals surface area contributed by atoms with E-state index >= 15 is 0 Å². The lowest BCUT2D eigenvalue weighted by Crippen LogP contribution is -2.22. The highest BCUT2D eigenvalue weighted by atomic mass is 35.5. The third-order valence-electron chi connectivity index (χ3n) is 1.32. The third kappa shape index (κ3) is 1.92. The van der Waals surface area contributed by atoms with Crippen molar-refractivity contribution in [3.05, 3.63) is 27.6 Å². The van der Waals surface area contributed by atoms with Gasteiger partial charge in [-0.05, 0) is 6.07 Å². The maximum absolute atomic E-state index is 11.1. The maximum atomic E-state index is 11.1. The van der Waals surface area contributed by atoms with Gasteiger partial charge in [-0.15, -0.1) is 0 Å². The van der Waals surface area contributed by atoms with Crippen LogP contribution >= 0.6 is 11.6 Å². The summed E-state index contributed by atoms with van der Waals surface area (Å²) in [7, 11) is 0. The average molecular weight is 187 g/mol. The second-order valence-corrected chi connectivity index (χ2v) is 2.57. The minimum absolute atomic E-state index is 0.121. The van der Waals surface area contributed by atoms with Crippen molar-refractivity contribution in [2.45, 2.75) is 13.0 Å². The van der Waals surface area contributed by atoms with Gasteiger partial charge in [-0.2, -0.15) is 5.10 Å². The average Bonchev–Trinajstić information content (AvgIpc) is 2.08. The van der Waals surface area contributed by atoms with Crippen LogP contribution in [-0.2, 0) is 11.3 Å². The number of hydrogen-bond acceptors (Lipinski definition) is 3. The lowest BCUT2D eigenvalue weighted by Gasteiger charge is -1.99. The van der Waals surface area contributed by atoms with Crippen LogP contribution in [0, 0.1) is 0 Å². The highest BCUT2D eigenvalue weighted by Gasteiger charge is 1.99. The Kier molecular flexibility index (Phi) is 2.99. The Bertz CT molecular complexity index is 334. The second-order valence-electron chi connectivity index (χ2n) is 2.16. The molecule has 1 rings (SSSR count). The summed E-state index contributed by atoms with van der Waals surface area (Å²) in [6, 6.07) is 1.42. The van der Waals surface area contributed by atoms with Crippen molar-refractivity contribution in [3.63, 3.8) is 0 Å². The molecular weight excluding hydrogens is 180 g/mol. The molecule has 5 heteroatoms. The first-order chi connectivity index (χ1) is 5.75. The van der Waals surface area contributed by atoms with Gasteiger partial charge in [-0.3, -0.25) is 4.79 Å². The number of hydrogen-bond donors (Lipinski definition) is 0. The molecule has 0 amide bonds. The molecule has 0 aliphatic carbocycles. The van der Waals surface area contributed by atoms with Crippen LogP contribution in [0.4, 0.5) is 0 Å². The predicted octanol–water partition coefficient (Wildman–Crippen LogP) is 0.486. The van der Waals surface area contributed by atoms with Crippen molar-refractivity contribution < 1.29 is 4.79 Å². The lowest BCUT2D eigenvalue weighted by molar-refractivity contribution is -0.108. The number of aldehydes is 1. The zero-order valence-corrected chi connectivity index (χ0v) is 6.99. The maximum Gasteiger partial charge on any atom is 0.285 e. The molecule has 0 spiro atoms. The molecule has 0 atom stereocenters. The van der Waals surface area contributed by atoms with E-state index in [2.05, 4.69) is 5.10 Å². The summed E-state index contributed by atoms with van der Waals surface area (Å²) in [5, 5.41) is 3.86. The van der Waals surface area contributed by atoms with Gasteiger partial charge in [0, 0.05) is 12.6 Å². The van der Waals surface area contributed by atoms with Crippen molar-refractivity contribution >= 4 is 17.9 Å². The quantitative estimate of drug-likeness (QED) is 0.646. The standard InChI is InChI=1S/C7H7ClN2O2/c8-6-2-3-9-10(7(6)12)4-1-5-11/h2-3,5H,1,4H2. The number of rotatable bonds is 3. The van der Waals surface area contributed by atoms with Gasteiger partial charge in [-0.25, -0.2) is 4.68 Å². The van der Waals surface area contributed by atoms with Crippen LogP contribution in [0.5, 0.6) is 0 Å². The number of carbonyl (C=O) groups excluding carboxylic acids is 1. The van der Waals surface area contributed by atoms with Crippen LogP contribution in [0.3, 0.4) is 0 Å². The van der Waals surface area contributed by atoms with Gasteiger partial charge in [-0.1, -0.05) is 11.6 Å².